The van der Waals surface area contributed by atoms with E-state index < -0.39 is 0 Å². The van der Waals surface area contributed by atoms with Gasteiger partial charge in [-0.1, -0.05) is 6.07 Å². The van der Waals surface area contributed by atoms with Gasteiger partial charge in [0.1, 0.15) is 5.82 Å². The predicted molar refractivity (Wildman–Crippen MR) is 128 cm³/mol. The van der Waals surface area contributed by atoms with Crippen molar-refractivity contribution in [3.63, 3.8) is 0 Å². The van der Waals surface area contributed by atoms with Crippen LogP contribution in [0.5, 0.6) is 0 Å². The van der Waals surface area contributed by atoms with Crippen LogP contribution in [-0.4, -0.2) is 57.8 Å². The Morgan fingerprint density at radius 1 is 0.970 bits per heavy atom. The zero-order valence-corrected chi connectivity index (χ0v) is 19.2. The molecule has 0 aliphatic carbocycles. The van der Waals surface area contributed by atoms with Crippen LogP contribution in [0.4, 0.5) is 11.5 Å². The van der Waals surface area contributed by atoms with Crippen LogP contribution < -0.4 is 10.2 Å². The zero-order valence-electron chi connectivity index (χ0n) is 19.2. The summed E-state index contributed by atoms with van der Waals surface area (Å²) in [5.74, 6) is 0.833. The third-order valence-corrected chi connectivity index (χ3v) is 5.75. The Hall–Kier alpha value is -3.81. The van der Waals surface area contributed by atoms with Gasteiger partial charge in [0, 0.05) is 56.8 Å². The minimum atomic E-state index is -0.117. The van der Waals surface area contributed by atoms with Crippen molar-refractivity contribution in [3.8, 4) is 11.3 Å². The van der Waals surface area contributed by atoms with Gasteiger partial charge in [0.2, 0.25) is 11.8 Å². The van der Waals surface area contributed by atoms with Crippen molar-refractivity contribution in [2.45, 2.75) is 27.2 Å². The van der Waals surface area contributed by atoms with Gasteiger partial charge >= 0.3 is 0 Å². The van der Waals surface area contributed by atoms with E-state index in [1.165, 1.54) is 0 Å². The van der Waals surface area contributed by atoms with Gasteiger partial charge in [-0.25, -0.2) is 4.98 Å². The second-order valence-electron chi connectivity index (χ2n) is 8.32. The highest BCUT2D eigenvalue weighted by Crippen LogP contribution is 2.22. The lowest BCUT2D eigenvalue weighted by atomic mass is 10.0. The minimum absolute atomic E-state index is 0.105. The number of nitrogens with one attached hydrogen (secondary N) is 1. The molecule has 4 rings (SSSR count). The van der Waals surface area contributed by atoms with E-state index in [1.807, 2.05) is 49.1 Å². The van der Waals surface area contributed by atoms with Gasteiger partial charge in [-0.3, -0.25) is 19.6 Å². The fourth-order valence-corrected chi connectivity index (χ4v) is 4.01. The second kappa shape index (κ2) is 9.77. The van der Waals surface area contributed by atoms with Crippen LogP contribution >= 0.6 is 0 Å². The fraction of sp³-hybridized carbons (Fsp3) is 0.320. The van der Waals surface area contributed by atoms with E-state index in [0.29, 0.717) is 18.8 Å². The smallest absolute Gasteiger partial charge is 0.228 e. The highest BCUT2D eigenvalue weighted by atomic mass is 16.2. The molecule has 1 saturated heterocycles. The Balaban J connectivity index is 1.34. The Bertz CT molecular complexity index is 1150. The molecule has 170 valence electrons. The molecule has 1 N–H and O–H groups in total. The van der Waals surface area contributed by atoms with E-state index in [2.05, 4.69) is 25.2 Å². The molecule has 1 fully saturated rings. The fourth-order valence-electron chi connectivity index (χ4n) is 4.01. The molecule has 0 aromatic carbocycles. The quantitative estimate of drug-likeness (QED) is 0.651. The van der Waals surface area contributed by atoms with Crippen molar-refractivity contribution in [2.75, 3.05) is 36.4 Å². The van der Waals surface area contributed by atoms with Gasteiger partial charge in [0.05, 0.1) is 24.0 Å². The monoisotopic (exact) mass is 444 g/mol. The van der Waals surface area contributed by atoms with Crippen LogP contribution in [-0.2, 0) is 16.0 Å². The molecule has 0 spiro atoms. The van der Waals surface area contributed by atoms with Crippen molar-refractivity contribution in [1.82, 2.24) is 19.9 Å². The number of aryl methyl sites for hydroxylation is 2. The van der Waals surface area contributed by atoms with Gasteiger partial charge in [-0.05, 0) is 49.2 Å². The van der Waals surface area contributed by atoms with Crippen LogP contribution in [0.15, 0.2) is 48.9 Å². The molecule has 4 heterocycles. The lowest BCUT2D eigenvalue weighted by Gasteiger charge is -2.34. The van der Waals surface area contributed by atoms with Crippen LogP contribution in [0.3, 0.4) is 0 Å². The maximum Gasteiger partial charge on any atom is 0.228 e. The molecule has 0 radical (unpaired) electrons. The van der Waals surface area contributed by atoms with Gasteiger partial charge in [0.25, 0.3) is 0 Å². The molecule has 0 atom stereocenters. The molecule has 8 nitrogen and oxygen atoms in total. The molecule has 1 aliphatic heterocycles. The lowest BCUT2D eigenvalue weighted by Crippen LogP contribution is -2.48. The number of piperazine rings is 1. The summed E-state index contributed by atoms with van der Waals surface area (Å²) in [4.78, 5) is 41.3. The van der Waals surface area contributed by atoms with E-state index >= 15 is 0 Å². The number of pyridine rings is 3. The molecule has 0 unspecified atom stereocenters. The highest BCUT2D eigenvalue weighted by molar-refractivity contribution is 5.92. The first kappa shape index (κ1) is 22.4. The molecular formula is C25H28N6O2. The predicted octanol–water partition coefficient (Wildman–Crippen LogP) is 3.01. The lowest BCUT2D eigenvalue weighted by molar-refractivity contribution is -0.129. The summed E-state index contributed by atoms with van der Waals surface area (Å²) in [7, 11) is 0. The van der Waals surface area contributed by atoms with E-state index in [9.17, 15) is 9.59 Å². The average Bonchev–Trinajstić information content (AvgIpc) is 2.79. The Labute approximate surface area is 193 Å². The molecule has 0 bridgehead atoms. The van der Waals surface area contributed by atoms with E-state index in [1.54, 1.807) is 25.5 Å². The summed E-state index contributed by atoms with van der Waals surface area (Å²) in [5, 5.41) is 2.91. The third kappa shape index (κ3) is 5.52. The molecule has 8 heteroatoms. The number of anilines is 2. The standard InChI is InChI=1S/C25H28N6O2/c1-17-12-20(15-28-25(17)21-6-7-26-18(2)13-21)14-24(33)29-22-4-5-23(27-16-22)31-10-8-30(9-11-31)19(3)32/h4-7,12-13,15-16H,8-11,14H2,1-3H3,(H,29,33). The number of carbonyl (C=O) groups excluding carboxylic acids is 2. The molecule has 1 aliphatic rings. The summed E-state index contributed by atoms with van der Waals surface area (Å²) in [6.45, 7) is 8.44. The van der Waals surface area contributed by atoms with E-state index in [4.69, 9.17) is 0 Å². The molecular weight excluding hydrogens is 416 g/mol. The molecule has 0 saturated carbocycles. The Kier molecular flexibility index (Phi) is 6.63. The number of rotatable bonds is 5. The van der Waals surface area contributed by atoms with Gasteiger partial charge in [-0.15, -0.1) is 0 Å². The summed E-state index contributed by atoms with van der Waals surface area (Å²) < 4.78 is 0. The Morgan fingerprint density at radius 2 is 1.76 bits per heavy atom. The van der Waals surface area contributed by atoms with Crippen LogP contribution in [0.25, 0.3) is 11.3 Å². The van der Waals surface area contributed by atoms with E-state index in [-0.39, 0.29) is 18.2 Å². The van der Waals surface area contributed by atoms with Crippen molar-refractivity contribution in [2.24, 2.45) is 0 Å². The summed E-state index contributed by atoms with van der Waals surface area (Å²) in [5.41, 5.74) is 5.38. The first-order valence-electron chi connectivity index (χ1n) is 11.0. The van der Waals surface area contributed by atoms with Crippen molar-refractivity contribution in [3.05, 3.63) is 65.7 Å². The number of hydrogen-bond acceptors (Lipinski definition) is 6. The Morgan fingerprint density at radius 3 is 2.39 bits per heavy atom. The maximum absolute atomic E-state index is 12.6. The number of amides is 2. The van der Waals surface area contributed by atoms with Crippen LogP contribution in [0.1, 0.15) is 23.7 Å². The normalized spacial score (nSPS) is 13.7. The summed E-state index contributed by atoms with van der Waals surface area (Å²) in [6.07, 6.45) is 5.43. The van der Waals surface area contributed by atoms with Crippen LogP contribution in [0.2, 0.25) is 0 Å². The number of aromatic nitrogens is 3. The van der Waals surface area contributed by atoms with Gasteiger partial charge in [0.15, 0.2) is 0 Å². The zero-order chi connectivity index (χ0) is 23.4. The number of carbonyl (C=O) groups is 2. The second-order valence-corrected chi connectivity index (χ2v) is 8.32. The topological polar surface area (TPSA) is 91.3 Å². The highest BCUT2D eigenvalue weighted by Gasteiger charge is 2.19. The maximum atomic E-state index is 12.6. The first-order valence-corrected chi connectivity index (χ1v) is 11.0. The number of hydrogen-bond donors (Lipinski definition) is 1. The first-order chi connectivity index (χ1) is 15.9. The van der Waals surface area contributed by atoms with Crippen molar-refractivity contribution >= 4 is 23.3 Å². The SMILES string of the molecule is CC(=O)N1CCN(c2ccc(NC(=O)Cc3cnc(-c4ccnc(C)c4)c(C)c3)cn2)CC1. The van der Waals surface area contributed by atoms with E-state index in [0.717, 1.165) is 47.0 Å². The van der Waals surface area contributed by atoms with Gasteiger partial charge < -0.3 is 15.1 Å². The molecule has 2 amide bonds. The third-order valence-electron chi connectivity index (χ3n) is 5.75. The molecule has 3 aromatic heterocycles. The average molecular weight is 445 g/mol. The summed E-state index contributed by atoms with van der Waals surface area (Å²) >= 11 is 0. The molecule has 33 heavy (non-hydrogen) atoms. The summed E-state index contributed by atoms with van der Waals surface area (Å²) in [6, 6.07) is 9.70. The minimum Gasteiger partial charge on any atom is -0.353 e. The largest absolute Gasteiger partial charge is 0.353 e. The van der Waals surface area contributed by atoms with Gasteiger partial charge in [-0.2, -0.15) is 0 Å². The van der Waals surface area contributed by atoms with Crippen LogP contribution in [0, 0.1) is 13.8 Å². The number of nitrogens with zero attached hydrogens (tertiary/aromatic N) is 5. The van der Waals surface area contributed by atoms with Crippen molar-refractivity contribution < 1.29 is 9.59 Å². The molecule has 3 aromatic rings. The van der Waals surface area contributed by atoms with Crippen molar-refractivity contribution in [1.29, 1.82) is 0 Å².